The summed E-state index contributed by atoms with van der Waals surface area (Å²) in [6, 6.07) is 0. The summed E-state index contributed by atoms with van der Waals surface area (Å²) in [6.07, 6.45) is 11.9. The maximum Gasteiger partial charge on any atom is 0.330 e. The number of esters is 1. The van der Waals surface area contributed by atoms with Gasteiger partial charge in [0.1, 0.15) is 6.10 Å². The fraction of sp³-hybridized carbons (Fsp3) is 0.727. The fourth-order valence-electron chi connectivity index (χ4n) is 2.56. The van der Waals surface area contributed by atoms with Gasteiger partial charge in [-0.05, 0) is 31.6 Å². The molecule has 4 nitrogen and oxygen atoms in total. The van der Waals surface area contributed by atoms with Crippen molar-refractivity contribution in [3.05, 3.63) is 24.8 Å². The van der Waals surface area contributed by atoms with Crippen molar-refractivity contribution in [1.29, 1.82) is 0 Å². The van der Waals surface area contributed by atoms with Crippen molar-refractivity contribution in [2.24, 2.45) is 5.92 Å². The Morgan fingerprint density at radius 3 is 2.04 bits per heavy atom. The molecule has 2 atom stereocenters. The zero-order valence-electron chi connectivity index (χ0n) is 17.4. The molecule has 4 heteroatoms. The second-order valence-corrected chi connectivity index (χ2v) is 6.70. The van der Waals surface area contributed by atoms with Crippen molar-refractivity contribution in [2.75, 3.05) is 0 Å². The molecule has 0 aliphatic heterocycles. The van der Waals surface area contributed by atoms with Gasteiger partial charge in [0, 0.05) is 11.6 Å². The number of hydrogen-bond acceptors (Lipinski definition) is 3. The van der Waals surface area contributed by atoms with E-state index in [4.69, 9.17) is 9.84 Å². The molecule has 0 fully saturated rings. The average Bonchev–Trinajstić information content (AvgIpc) is 2.64. The van der Waals surface area contributed by atoms with Gasteiger partial charge in [0.05, 0.1) is 0 Å². The van der Waals surface area contributed by atoms with Gasteiger partial charge in [-0.25, -0.2) is 9.59 Å². The summed E-state index contributed by atoms with van der Waals surface area (Å²) >= 11 is 0. The fourth-order valence-corrected chi connectivity index (χ4v) is 2.56. The van der Waals surface area contributed by atoms with Gasteiger partial charge in [0.2, 0.25) is 0 Å². The van der Waals surface area contributed by atoms with Crippen LogP contribution >= 0.6 is 0 Å². The molecule has 0 bridgehead atoms. The molecule has 1 N–H and O–H groups in total. The molecule has 0 aromatic carbocycles. The van der Waals surface area contributed by atoms with Crippen LogP contribution in [0.2, 0.25) is 0 Å². The van der Waals surface area contributed by atoms with Crippen LogP contribution in [0.3, 0.4) is 0 Å². The van der Waals surface area contributed by atoms with Gasteiger partial charge < -0.3 is 9.84 Å². The molecule has 0 saturated heterocycles. The number of carbonyl (C=O) groups excluding carboxylic acids is 1. The Balaban J connectivity index is 0. The minimum Gasteiger partial charge on any atom is -0.478 e. The number of hydrogen-bond donors (Lipinski definition) is 1. The number of unbranched alkanes of at least 4 members (excludes halogenated alkanes) is 3. The van der Waals surface area contributed by atoms with Crippen LogP contribution in [0.1, 0.15) is 91.9 Å². The SMILES string of the molecule is C=C(CC(CC)CCCC)C(=O)O.C=CC(=O)OC(CC)CCCCC. The number of rotatable bonds is 14. The quantitative estimate of drug-likeness (QED) is 0.222. The Morgan fingerprint density at radius 2 is 1.62 bits per heavy atom. The van der Waals surface area contributed by atoms with E-state index in [0.29, 0.717) is 17.9 Å². The first-order valence-electron chi connectivity index (χ1n) is 10.1. The van der Waals surface area contributed by atoms with Gasteiger partial charge in [-0.15, -0.1) is 0 Å². The number of carbonyl (C=O) groups is 2. The monoisotopic (exact) mass is 368 g/mol. The predicted octanol–water partition coefficient (Wildman–Crippen LogP) is 6.31. The summed E-state index contributed by atoms with van der Waals surface area (Å²) in [7, 11) is 0. The number of carboxylic acid groups (broad SMARTS) is 1. The number of ether oxygens (including phenoxy) is 1. The zero-order chi connectivity index (χ0) is 20.4. The van der Waals surface area contributed by atoms with Crippen molar-refractivity contribution in [2.45, 2.75) is 98.0 Å². The summed E-state index contributed by atoms with van der Waals surface area (Å²) in [6.45, 7) is 15.4. The summed E-state index contributed by atoms with van der Waals surface area (Å²) in [4.78, 5) is 21.4. The smallest absolute Gasteiger partial charge is 0.330 e. The van der Waals surface area contributed by atoms with Gasteiger partial charge in [-0.3, -0.25) is 0 Å². The topological polar surface area (TPSA) is 63.6 Å². The third-order valence-corrected chi connectivity index (χ3v) is 4.42. The van der Waals surface area contributed by atoms with Crippen LogP contribution in [0.4, 0.5) is 0 Å². The van der Waals surface area contributed by atoms with Gasteiger partial charge in [-0.1, -0.05) is 79.4 Å². The summed E-state index contributed by atoms with van der Waals surface area (Å²) in [5.41, 5.74) is 0.350. The molecular weight excluding hydrogens is 328 g/mol. The van der Waals surface area contributed by atoms with Crippen LogP contribution in [0.15, 0.2) is 24.8 Å². The molecule has 0 aromatic heterocycles. The molecule has 0 spiro atoms. The third-order valence-electron chi connectivity index (χ3n) is 4.42. The lowest BCUT2D eigenvalue weighted by molar-refractivity contribution is -0.143. The highest BCUT2D eigenvalue weighted by Gasteiger charge is 2.11. The first kappa shape index (κ1) is 26.6. The third kappa shape index (κ3) is 15.9. The molecule has 2 unspecified atom stereocenters. The maximum atomic E-state index is 10.9. The molecule has 152 valence electrons. The zero-order valence-corrected chi connectivity index (χ0v) is 17.4. The molecular formula is C22H40O4. The van der Waals surface area contributed by atoms with E-state index < -0.39 is 5.97 Å². The Kier molecular flexibility index (Phi) is 18.7. The molecule has 0 heterocycles. The predicted molar refractivity (Wildman–Crippen MR) is 109 cm³/mol. The minimum absolute atomic E-state index is 0.0806. The normalized spacial score (nSPS) is 12.3. The molecule has 0 aromatic rings. The minimum atomic E-state index is -0.852. The van der Waals surface area contributed by atoms with Crippen LogP contribution in [0.25, 0.3) is 0 Å². The lowest BCUT2D eigenvalue weighted by Gasteiger charge is -2.14. The van der Waals surface area contributed by atoms with E-state index in [1.165, 1.54) is 31.8 Å². The lowest BCUT2D eigenvalue weighted by atomic mass is 9.92. The van der Waals surface area contributed by atoms with Crippen LogP contribution in [0, 0.1) is 5.92 Å². The Hall–Kier alpha value is -1.58. The van der Waals surface area contributed by atoms with E-state index in [9.17, 15) is 9.59 Å². The first-order valence-corrected chi connectivity index (χ1v) is 10.1. The molecule has 26 heavy (non-hydrogen) atoms. The average molecular weight is 369 g/mol. The van der Waals surface area contributed by atoms with E-state index in [1.54, 1.807) is 0 Å². The Morgan fingerprint density at radius 1 is 1.00 bits per heavy atom. The second kappa shape index (κ2) is 18.2. The van der Waals surface area contributed by atoms with Crippen LogP contribution in [-0.4, -0.2) is 23.1 Å². The highest BCUT2D eigenvalue weighted by atomic mass is 16.5. The molecule has 0 radical (unpaired) electrons. The lowest BCUT2D eigenvalue weighted by Crippen LogP contribution is -2.15. The van der Waals surface area contributed by atoms with Crippen molar-refractivity contribution < 1.29 is 19.4 Å². The Labute approximate surface area is 160 Å². The highest BCUT2D eigenvalue weighted by Crippen LogP contribution is 2.20. The van der Waals surface area contributed by atoms with E-state index in [-0.39, 0.29) is 12.1 Å². The Bertz CT molecular complexity index is 401. The van der Waals surface area contributed by atoms with Gasteiger partial charge in [0.25, 0.3) is 0 Å². The molecule has 0 rings (SSSR count). The first-order chi connectivity index (χ1) is 12.4. The molecule has 0 aliphatic rings. The summed E-state index contributed by atoms with van der Waals surface area (Å²) < 4.78 is 5.14. The standard InChI is InChI=1S/2C11H20O2/c1-4-6-7-10(5-2)8-9(3)11(12)13;1-4-7-8-9-10(5-2)13-11(12)6-3/h10H,3-8H2,1-2H3,(H,12,13);6,10H,3-5,7-9H2,1-2H3. The second-order valence-electron chi connectivity index (χ2n) is 6.70. The van der Waals surface area contributed by atoms with Gasteiger partial charge in [0.15, 0.2) is 0 Å². The molecule has 0 aliphatic carbocycles. The van der Waals surface area contributed by atoms with E-state index >= 15 is 0 Å². The van der Waals surface area contributed by atoms with Gasteiger partial charge >= 0.3 is 11.9 Å². The van der Waals surface area contributed by atoms with E-state index in [0.717, 1.165) is 32.1 Å². The summed E-state index contributed by atoms with van der Waals surface area (Å²) in [5.74, 6) is -0.651. The van der Waals surface area contributed by atoms with Crippen LogP contribution in [0.5, 0.6) is 0 Å². The van der Waals surface area contributed by atoms with Crippen LogP contribution in [-0.2, 0) is 14.3 Å². The van der Waals surface area contributed by atoms with Gasteiger partial charge in [-0.2, -0.15) is 0 Å². The summed E-state index contributed by atoms with van der Waals surface area (Å²) in [5, 5.41) is 8.65. The largest absolute Gasteiger partial charge is 0.478 e. The van der Waals surface area contributed by atoms with Crippen LogP contribution < -0.4 is 0 Å². The van der Waals surface area contributed by atoms with Crippen molar-refractivity contribution in [3.63, 3.8) is 0 Å². The van der Waals surface area contributed by atoms with Crippen molar-refractivity contribution in [1.82, 2.24) is 0 Å². The molecule has 0 saturated carbocycles. The highest BCUT2D eigenvalue weighted by molar-refractivity contribution is 5.85. The maximum absolute atomic E-state index is 10.9. The van der Waals surface area contributed by atoms with Crippen molar-refractivity contribution >= 4 is 11.9 Å². The molecule has 0 amide bonds. The number of carboxylic acids is 1. The van der Waals surface area contributed by atoms with E-state index in [2.05, 4.69) is 33.9 Å². The van der Waals surface area contributed by atoms with Crippen molar-refractivity contribution in [3.8, 4) is 0 Å². The number of aliphatic carboxylic acids is 1. The van der Waals surface area contributed by atoms with E-state index in [1.807, 2.05) is 6.92 Å².